The monoisotopic (exact) mass is 478 g/mol. The van der Waals surface area contributed by atoms with Crippen molar-refractivity contribution in [3.63, 3.8) is 0 Å². The van der Waals surface area contributed by atoms with Gasteiger partial charge in [0.05, 0.1) is 12.0 Å². The van der Waals surface area contributed by atoms with Crippen LogP contribution in [-0.2, 0) is 4.79 Å². The van der Waals surface area contributed by atoms with Gasteiger partial charge < -0.3 is 34.7 Å². The van der Waals surface area contributed by atoms with Crippen LogP contribution in [0.3, 0.4) is 0 Å². The number of carbonyl (C=O) groups excluding carboxylic acids is 1. The smallest absolute Gasteiger partial charge is 0.407 e. The minimum atomic E-state index is -0.930. The molecule has 3 N–H and O–H groups in total. The topological polar surface area (TPSA) is 133 Å². The fraction of sp³-hybridized carbons (Fsp3) is 0.417. The van der Waals surface area contributed by atoms with Gasteiger partial charge >= 0.3 is 6.09 Å². The number of likely N-dealkylation sites (tertiary alicyclic amines) is 1. The third kappa shape index (κ3) is 3.76. The van der Waals surface area contributed by atoms with Gasteiger partial charge in [0.15, 0.2) is 17.0 Å². The maximum atomic E-state index is 12.3. The number of hydrogen-bond acceptors (Lipinski definition) is 8. The molecule has 2 amide bonds. The second-order valence-electron chi connectivity index (χ2n) is 9.85. The lowest BCUT2D eigenvalue weighted by atomic mass is 9.89. The Labute approximate surface area is 201 Å². The molecule has 2 saturated heterocycles. The number of nitrogens with zero attached hydrogens (tertiary/aromatic N) is 4. The zero-order valence-corrected chi connectivity index (χ0v) is 19.4. The number of carboxylic acid groups (broad SMARTS) is 1. The number of aromatic nitrogens is 2. The highest BCUT2D eigenvalue weighted by molar-refractivity contribution is 6.00. The largest absolute Gasteiger partial charge is 0.476 e. The number of nitrogens with one attached hydrogen (secondary N) is 2. The van der Waals surface area contributed by atoms with Crippen LogP contribution in [0, 0.1) is 11.8 Å². The molecule has 0 bridgehead atoms. The van der Waals surface area contributed by atoms with Crippen LogP contribution in [0.25, 0.3) is 11.1 Å². The highest BCUT2D eigenvalue weighted by Crippen LogP contribution is 2.38. The third-order valence-electron chi connectivity index (χ3n) is 7.05. The molecule has 0 saturated carbocycles. The van der Waals surface area contributed by atoms with Crippen LogP contribution >= 0.6 is 0 Å². The second-order valence-corrected chi connectivity index (χ2v) is 9.85. The summed E-state index contributed by atoms with van der Waals surface area (Å²) >= 11 is 0. The molecule has 1 aromatic carbocycles. The molecule has 6 rings (SSSR count). The average molecular weight is 479 g/mol. The summed E-state index contributed by atoms with van der Waals surface area (Å²) in [5.74, 6) is 2.10. The first-order valence-electron chi connectivity index (χ1n) is 11.7. The predicted molar refractivity (Wildman–Crippen MR) is 128 cm³/mol. The number of anilines is 4. The van der Waals surface area contributed by atoms with Crippen molar-refractivity contribution in [1.29, 1.82) is 0 Å². The molecular formula is C24H26N6O5. The van der Waals surface area contributed by atoms with Gasteiger partial charge in [-0.1, -0.05) is 0 Å². The Bertz CT molecular complexity index is 1340. The van der Waals surface area contributed by atoms with E-state index < -0.39 is 11.7 Å². The SMILES string of the molecule is CC1(C)Oc2ccc(Nc3nc(N4CCC5CN(C(=O)O)CC5C4)c4occc4n3)cc2NC1=O. The number of benzene rings is 1. The average Bonchev–Trinajstić information content (AvgIpc) is 3.46. The lowest BCUT2D eigenvalue weighted by molar-refractivity contribution is -0.129. The molecule has 0 spiro atoms. The van der Waals surface area contributed by atoms with E-state index >= 15 is 0 Å². The second kappa shape index (κ2) is 7.76. The molecule has 2 unspecified atom stereocenters. The van der Waals surface area contributed by atoms with Crippen molar-refractivity contribution in [2.45, 2.75) is 25.9 Å². The first-order valence-corrected chi connectivity index (χ1v) is 11.7. The van der Waals surface area contributed by atoms with Crippen LogP contribution in [-0.4, -0.2) is 63.8 Å². The van der Waals surface area contributed by atoms with Crippen molar-refractivity contribution >= 4 is 46.2 Å². The minimum Gasteiger partial charge on any atom is -0.476 e. The van der Waals surface area contributed by atoms with Gasteiger partial charge in [0.25, 0.3) is 5.91 Å². The molecule has 2 fully saturated rings. The summed E-state index contributed by atoms with van der Waals surface area (Å²) in [5.41, 5.74) is 1.63. The molecule has 2 aromatic heterocycles. The summed E-state index contributed by atoms with van der Waals surface area (Å²) in [7, 11) is 0. The number of furan rings is 1. The van der Waals surface area contributed by atoms with Gasteiger partial charge in [-0.3, -0.25) is 4.79 Å². The van der Waals surface area contributed by atoms with E-state index in [1.54, 1.807) is 38.3 Å². The van der Waals surface area contributed by atoms with E-state index in [-0.39, 0.29) is 11.8 Å². The molecule has 0 aliphatic carbocycles. The summed E-state index contributed by atoms with van der Waals surface area (Å²) in [6.07, 6.45) is 1.63. The van der Waals surface area contributed by atoms with Gasteiger partial charge in [0.2, 0.25) is 5.95 Å². The summed E-state index contributed by atoms with van der Waals surface area (Å²) in [6.45, 7) is 6.04. The quantitative estimate of drug-likeness (QED) is 0.517. The molecule has 11 nitrogen and oxygen atoms in total. The fourth-order valence-corrected chi connectivity index (χ4v) is 5.15. The lowest BCUT2D eigenvalue weighted by Crippen LogP contribution is -2.45. The van der Waals surface area contributed by atoms with E-state index in [4.69, 9.17) is 14.1 Å². The molecule has 2 atom stereocenters. The third-order valence-corrected chi connectivity index (χ3v) is 7.05. The Kier molecular flexibility index (Phi) is 4.77. The first kappa shape index (κ1) is 21.5. The van der Waals surface area contributed by atoms with Crippen molar-refractivity contribution in [3.8, 4) is 5.75 Å². The van der Waals surface area contributed by atoms with E-state index in [9.17, 15) is 14.7 Å². The van der Waals surface area contributed by atoms with Crippen LogP contribution < -0.4 is 20.3 Å². The van der Waals surface area contributed by atoms with Crippen molar-refractivity contribution < 1.29 is 23.8 Å². The van der Waals surface area contributed by atoms with E-state index in [1.807, 2.05) is 6.07 Å². The predicted octanol–water partition coefficient (Wildman–Crippen LogP) is 3.51. The van der Waals surface area contributed by atoms with Gasteiger partial charge in [0, 0.05) is 37.9 Å². The number of carbonyl (C=O) groups is 2. The Balaban J connectivity index is 1.27. The molecule has 3 aliphatic rings. The van der Waals surface area contributed by atoms with Gasteiger partial charge in [-0.2, -0.15) is 4.98 Å². The number of piperidine rings is 1. The molecular weight excluding hydrogens is 452 g/mol. The molecule has 0 radical (unpaired) electrons. The van der Waals surface area contributed by atoms with Crippen molar-refractivity contribution in [3.05, 3.63) is 30.5 Å². The number of hydrogen-bond donors (Lipinski definition) is 3. The summed E-state index contributed by atoms with van der Waals surface area (Å²) in [6, 6.07) is 7.23. The highest BCUT2D eigenvalue weighted by Gasteiger charge is 2.40. The number of rotatable bonds is 3. The van der Waals surface area contributed by atoms with E-state index in [1.165, 1.54) is 4.90 Å². The maximum Gasteiger partial charge on any atom is 0.407 e. The van der Waals surface area contributed by atoms with Gasteiger partial charge in [-0.25, -0.2) is 9.78 Å². The Morgan fingerprint density at radius 2 is 2.03 bits per heavy atom. The summed E-state index contributed by atoms with van der Waals surface area (Å²) in [5, 5.41) is 15.5. The zero-order valence-electron chi connectivity index (χ0n) is 19.4. The number of fused-ring (bicyclic) bond motifs is 3. The molecule has 182 valence electrons. The van der Waals surface area contributed by atoms with E-state index in [2.05, 4.69) is 20.5 Å². The normalized spacial score (nSPS) is 22.9. The van der Waals surface area contributed by atoms with Gasteiger partial charge in [0.1, 0.15) is 11.3 Å². The van der Waals surface area contributed by atoms with Crippen molar-refractivity contribution in [2.24, 2.45) is 11.8 Å². The van der Waals surface area contributed by atoms with Gasteiger partial charge in [-0.05, 0) is 50.3 Å². The zero-order chi connectivity index (χ0) is 24.3. The van der Waals surface area contributed by atoms with Gasteiger partial charge in [-0.15, -0.1) is 0 Å². The van der Waals surface area contributed by atoms with E-state index in [0.29, 0.717) is 65.5 Å². The molecule has 11 heteroatoms. The minimum absolute atomic E-state index is 0.211. The number of amides is 2. The van der Waals surface area contributed by atoms with E-state index in [0.717, 1.165) is 13.0 Å². The van der Waals surface area contributed by atoms with Crippen molar-refractivity contribution in [2.75, 3.05) is 41.7 Å². The summed E-state index contributed by atoms with van der Waals surface area (Å²) in [4.78, 5) is 36.8. The van der Waals surface area contributed by atoms with Crippen LogP contribution in [0.15, 0.2) is 34.9 Å². The van der Waals surface area contributed by atoms with Crippen LogP contribution in [0.4, 0.5) is 27.9 Å². The lowest BCUT2D eigenvalue weighted by Gasteiger charge is -2.34. The fourth-order valence-electron chi connectivity index (χ4n) is 5.15. The molecule has 3 aromatic rings. The van der Waals surface area contributed by atoms with Crippen LogP contribution in [0.1, 0.15) is 20.3 Å². The Morgan fingerprint density at radius 1 is 1.20 bits per heavy atom. The summed E-state index contributed by atoms with van der Waals surface area (Å²) < 4.78 is 11.5. The number of ether oxygens (including phenoxy) is 1. The van der Waals surface area contributed by atoms with Crippen LogP contribution in [0.5, 0.6) is 5.75 Å². The maximum absolute atomic E-state index is 12.3. The molecule has 5 heterocycles. The Morgan fingerprint density at radius 3 is 2.86 bits per heavy atom. The molecule has 35 heavy (non-hydrogen) atoms. The molecule has 3 aliphatic heterocycles. The van der Waals surface area contributed by atoms with Crippen LogP contribution in [0.2, 0.25) is 0 Å². The Hall–Kier alpha value is -4.02. The first-order chi connectivity index (χ1) is 16.8. The highest BCUT2D eigenvalue weighted by atomic mass is 16.5. The standard InChI is InChI=1S/C24H26N6O5/c1-24(2)21(31)26-17-9-15(3-4-18(17)35-24)25-22-27-16-6-8-34-19(16)20(28-22)29-7-5-13-10-30(23(32)33)12-14(13)11-29/h3-4,6,8-9,13-14H,5,7,10-12H2,1-2H3,(H,26,31)(H,32,33)(H,25,27,28). The van der Waals surface area contributed by atoms with Crippen molar-refractivity contribution in [1.82, 2.24) is 14.9 Å².